The molecule has 1 aliphatic carbocycles. The first kappa shape index (κ1) is 20.0. The normalized spacial score (nSPS) is 15.2. The van der Waals surface area contributed by atoms with Crippen molar-refractivity contribution in [1.82, 2.24) is 10.3 Å². The van der Waals surface area contributed by atoms with Gasteiger partial charge in [0.2, 0.25) is 0 Å². The number of rotatable bonds is 7. The van der Waals surface area contributed by atoms with Crippen LogP contribution in [0.25, 0.3) is 11.3 Å². The topological polar surface area (TPSA) is 68.3 Å². The molecule has 1 aromatic heterocycles. The molecule has 0 spiro atoms. The Kier molecular flexibility index (Phi) is 6.74. The van der Waals surface area contributed by atoms with E-state index in [-0.39, 0.29) is 36.1 Å². The van der Waals surface area contributed by atoms with E-state index in [2.05, 4.69) is 10.3 Å². The lowest BCUT2D eigenvalue weighted by molar-refractivity contribution is -0.149. The van der Waals surface area contributed by atoms with E-state index in [0.717, 1.165) is 25.7 Å². The molecule has 1 atom stereocenters. The van der Waals surface area contributed by atoms with Crippen molar-refractivity contribution in [3.63, 3.8) is 0 Å². The van der Waals surface area contributed by atoms with Crippen LogP contribution in [0.4, 0.5) is 4.39 Å². The Hall–Kier alpha value is -2.76. The highest BCUT2D eigenvalue weighted by molar-refractivity contribution is 5.94. The van der Waals surface area contributed by atoms with Crippen molar-refractivity contribution in [2.75, 3.05) is 13.2 Å². The second-order valence-corrected chi connectivity index (χ2v) is 7.06. The summed E-state index contributed by atoms with van der Waals surface area (Å²) in [6.45, 7) is 2.38. The van der Waals surface area contributed by atoms with E-state index in [1.165, 1.54) is 18.3 Å². The van der Waals surface area contributed by atoms with Crippen molar-refractivity contribution in [1.29, 1.82) is 0 Å². The summed E-state index contributed by atoms with van der Waals surface area (Å²) < 4.78 is 18.6. The predicted molar refractivity (Wildman–Crippen MR) is 104 cm³/mol. The molecule has 0 radical (unpaired) electrons. The molecular formula is C22H25FN2O3. The maximum Gasteiger partial charge on any atom is 0.310 e. The van der Waals surface area contributed by atoms with Crippen molar-refractivity contribution >= 4 is 11.9 Å². The van der Waals surface area contributed by atoms with Crippen molar-refractivity contribution in [3.05, 3.63) is 54.0 Å². The van der Waals surface area contributed by atoms with Gasteiger partial charge in [0.1, 0.15) is 5.82 Å². The second-order valence-electron chi connectivity index (χ2n) is 7.06. The van der Waals surface area contributed by atoms with Gasteiger partial charge in [-0.3, -0.25) is 14.6 Å². The van der Waals surface area contributed by atoms with E-state index in [9.17, 15) is 14.0 Å². The summed E-state index contributed by atoms with van der Waals surface area (Å²) in [6, 6.07) is 9.48. The molecule has 1 aliphatic rings. The Balaban J connectivity index is 1.63. The van der Waals surface area contributed by atoms with Crippen LogP contribution in [0.3, 0.4) is 0 Å². The van der Waals surface area contributed by atoms with Gasteiger partial charge in [-0.1, -0.05) is 25.0 Å². The third kappa shape index (κ3) is 4.94. The number of carbonyl (C=O) groups is 2. The van der Waals surface area contributed by atoms with Crippen molar-refractivity contribution in [2.45, 2.75) is 32.6 Å². The number of nitrogens with zero attached hydrogens (tertiary/aromatic N) is 1. The minimum Gasteiger partial charge on any atom is -0.466 e. The lowest BCUT2D eigenvalue weighted by atomic mass is 9.90. The fourth-order valence-electron chi connectivity index (χ4n) is 3.70. The van der Waals surface area contributed by atoms with Gasteiger partial charge in [-0.15, -0.1) is 0 Å². The average molecular weight is 384 g/mol. The Bertz CT molecular complexity index is 817. The number of ether oxygens (including phenoxy) is 1. The average Bonchev–Trinajstić information content (AvgIpc) is 3.23. The number of nitrogens with one attached hydrogen (secondary N) is 1. The molecule has 1 amide bonds. The molecule has 28 heavy (non-hydrogen) atoms. The van der Waals surface area contributed by atoms with Crippen LogP contribution in [0.1, 0.15) is 43.0 Å². The van der Waals surface area contributed by atoms with Crippen LogP contribution in [0.15, 0.2) is 42.6 Å². The molecular weight excluding hydrogens is 359 g/mol. The van der Waals surface area contributed by atoms with Gasteiger partial charge in [0.25, 0.3) is 5.91 Å². The summed E-state index contributed by atoms with van der Waals surface area (Å²) >= 11 is 0. The van der Waals surface area contributed by atoms with Crippen molar-refractivity contribution < 1.29 is 18.7 Å². The highest BCUT2D eigenvalue weighted by atomic mass is 19.1. The lowest BCUT2D eigenvalue weighted by Crippen LogP contribution is -2.37. The Morgan fingerprint density at radius 2 is 2.04 bits per heavy atom. The summed E-state index contributed by atoms with van der Waals surface area (Å²) in [6.07, 6.45) is 5.66. The summed E-state index contributed by atoms with van der Waals surface area (Å²) in [5.41, 5.74) is 1.64. The molecule has 2 aromatic rings. The largest absolute Gasteiger partial charge is 0.466 e. The van der Waals surface area contributed by atoms with Crippen LogP contribution in [0, 0.1) is 17.7 Å². The van der Waals surface area contributed by atoms with Crippen LogP contribution >= 0.6 is 0 Å². The van der Waals surface area contributed by atoms with Crippen LogP contribution in [-0.2, 0) is 9.53 Å². The number of aromatic nitrogens is 1. The predicted octanol–water partition coefficient (Wildman–Crippen LogP) is 3.99. The third-order valence-corrected chi connectivity index (χ3v) is 5.19. The van der Waals surface area contributed by atoms with Crippen LogP contribution in [-0.4, -0.2) is 30.0 Å². The van der Waals surface area contributed by atoms with Crippen LogP contribution in [0.5, 0.6) is 0 Å². The maximum atomic E-state index is 13.4. The van der Waals surface area contributed by atoms with Gasteiger partial charge in [0.15, 0.2) is 0 Å². The maximum absolute atomic E-state index is 13.4. The van der Waals surface area contributed by atoms with Crippen LogP contribution < -0.4 is 5.32 Å². The van der Waals surface area contributed by atoms with E-state index in [4.69, 9.17) is 4.74 Å². The van der Waals surface area contributed by atoms with Gasteiger partial charge >= 0.3 is 5.97 Å². The molecule has 0 aliphatic heterocycles. The van der Waals surface area contributed by atoms with Gasteiger partial charge in [-0.05, 0) is 49.9 Å². The second kappa shape index (κ2) is 9.44. The molecule has 1 N–H and O–H groups in total. The number of pyridine rings is 1. The van der Waals surface area contributed by atoms with Gasteiger partial charge in [-0.2, -0.15) is 0 Å². The minimum absolute atomic E-state index is 0.241. The highest BCUT2D eigenvalue weighted by Gasteiger charge is 2.32. The molecule has 1 aromatic carbocycles. The number of benzene rings is 1. The molecule has 148 valence electrons. The standard InChI is InChI=1S/C22H25FN2O3/c1-2-28-22(27)19(15-6-3-4-7-15)14-25-21(26)17-10-11-20(24-13-17)16-8-5-9-18(23)12-16/h5,8-13,15,19H,2-4,6-7,14H2,1H3,(H,25,26). The number of hydrogen-bond donors (Lipinski definition) is 1. The quantitative estimate of drug-likeness (QED) is 0.733. The van der Waals surface area contributed by atoms with Gasteiger partial charge in [0.05, 0.1) is 23.8 Å². The fourth-order valence-corrected chi connectivity index (χ4v) is 3.70. The highest BCUT2D eigenvalue weighted by Crippen LogP contribution is 2.32. The Labute approximate surface area is 164 Å². The molecule has 0 saturated heterocycles. The zero-order valence-electron chi connectivity index (χ0n) is 16.0. The number of hydrogen-bond acceptors (Lipinski definition) is 4. The monoisotopic (exact) mass is 384 g/mol. The van der Waals surface area contributed by atoms with E-state index < -0.39 is 0 Å². The van der Waals surface area contributed by atoms with Crippen molar-refractivity contribution in [3.8, 4) is 11.3 Å². The Morgan fingerprint density at radius 3 is 2.68 bits per heavy atom. The number of carbonyl (C=O) groups excluding carboxylic acids is 2. The minimum atomic E-state index is -0.335. The van der Waals surface area contributed by atoms with E-state index in [0.29, 0.717) is 23.4 Å². The van der Waals surface area contributed by atoms with E-state index >= 15 is 0 Å². The molecule has 1 fully saturated rings. The molecule has 0 bridgehead atoms. The molecule has 3 rings (SSSR count). The first-order chi connectivity index (χ1) is 13.6. The fraction of sp³-hybridized carbons (Fsp3) is 0.409. The summed E-state index contributed by atoms with van der Waals surface area (Å²) in [4.78, 5) is 29.0. The van der Waals surface area contributed by atoms with Crippen molar-refractivity contribution in [2.24, 2.45) is 11.8 Å². The van der Waals surface area contributed by atoms with E-state index in [1.807, 2.05) is 0 Å². The molecule has 1 unspecified atom stereocenters. The summed E-state index contributed by atoms with van der Waals surface area (Å²) in [5, 5.41) is 2.84. The summed E-state index contributed by atoms with van der Waals surface area (Å²) in [5.74, 6) is -0.920. The van der Waals surface area contributed by atoms with Gasteiger partial charge < -0.3 is 10.1 Å². The first-order valence-electron chi connectivity index (χ1n) is 9.75. The van der Waals surface area contributed by atoms with Gasteiger partial charge in [-0.25, -0.2) is 4.39 Å². The first-order valence-corrected chi connectivity index (χ1v) is 9.75. The number of esters is 1. The lowest BCUT2D eigenvalue weighted by Gasteiger charge is -2.22. The van der Waals surface area contributed by atoms with Gasteiger partial charge in [0, 0.05) is 18.3 Å². The number of amides is 1. The zero-order chi connectivity index (χ0) is 19.9. The van der Waals surface area contributed by atoms with E-state index in [1.54, 1.807) is 31.2 Å². The molecule has 1 saturated carbocycles. The zero-order valence-corrected chi connectivity index (χ0v) is 16.0. The smallest absolute Gasteiger partial charge is 0.310 e. The third-order valence-electron chi connectivity index (χ3n) is 5.19. The molecule has 5 nitrogen and oxygen atoms in total. The molecule has 1 heterocycles. The number of halogens is 1. The Morgan fingerprint density at radius 1 is 1.25 bits per heavy atom. The van der Waals surface area contributed by atoms with Crippen LogP contribution in [0.2, 0.25) is 0 Å². The molecule has 6 heteroatoms. The SMILES string of the molecule is CCOC(=O)C(CNC(=O)c1ccc(-c2cccc(F)c2)nc1)C1CCCC1. The summed E-state index contributed by atoms with van der Waals surface area (Å²) in [7, 11) is 0.